The molecule has 2 aliphatic rings. The Hall–Kier alpha value is -3.06. The number of fused-ring (bicyclic) bond motifs is 1. The minimum absolute atomic E-state index is 0.0142. The molecule has 2 amide bonds. The third-order valence-corrected chi connectivity index (χ3v) is 6.79. The number of nitrogens with one attached hydrogen (secondary N) is 2. The summed E-state index contributed by atoms with van der Waals surface area (Å²) in [6.45, 7) is 10.0. The minimum Gasteiger partial charge on any atom is -0.454 e. The zero-order valence-corrected chi connectivity index (χ0v) is 20.4. The molecule has 2 aliphatic heterocycles. The molecule has 1 atom stereocenters. The van der Waals surface area contributed by atoms with Crippen molar-refractivity contribution < 1.29 is 23.8 Å². The number of benzene rings is 2. The first kappa shape index (κ1) is 24.1. The Balaban J connectivity index is 1.39. The van der Waals surface area contributed by atoms with Crippen molar-refractivity contribution in [2.45, 2.75) is 57.4 Å². The maximum Gasteiger partial charge on any atom is 0.251 e. The summed E-state index contributed by atoms with van der Waals surface area (Å²) in [5.41, 5.74) is 2.53. The zero-order chi connectivity index (χ0) is 24.3. The molecular formula is C27H34N2O5. The Morgan fingerprint density at radius 1 is 1.00 bits per heavy atom. The van der Waals surface area contributed by atoms with Gasteiger partial charge in [-0.1, -0.05) is 39.0 Å². The van der Waals surface area contributed by atoms with Crippen LogP contribution >= 0.6 is 0 Å². The third kappa shape index (κ3) is 5.20. The van der Waals surface area contributed by atoms with E-state index >= 15 is 0 Å². The van der Waals surface area contributed by atoms with Crippen LogP contribution in [0.25, 0.3) is 0 Å². The van der Waals surface area contributed by atoms with Gasteiger partial charge in [-0.25, -0.2) is 0 Å². The molecule has 0 spiro atoms. The monoisotopic (exact) mass is 466 g/mol. The quantitative estimate of drug-likeness (QED) is 0.678. The fourth-order valence-corrected chi connectivity index (χ4v) is 4.43. The van der Waals surface area contributed by atoms with Crippen molar-refractivity contribution in [1.82, 2.24) is 10.6 Å². The highest BCUT2D eigenvalue weighted by molar-refractivity contribution is 5.97. The van der Waals surface area contributed by atoms with E-state index in [0.29, 0.717) is 25.3 Å². The molecule has 1 unspecified atom stereocenters. The number of rotatable bonds is 6. The van der Waals surface area contributed by atoms with E-state index in [9.17, 15) is 9.59 Å². The molecule has 1 fully saturated rings. The van der Waals surface area contributed by atoms with Crippen molar-refractivity contribution in [3.63, 3.8) is 0 Å². The maximum atomic E-state index is 12.9. The molecule has 0 saturated carbocycles. The molecule has 2 aromatic carbocycles. The molecule has 182 valence electrons. The molecule has 34 heavy (non-hydrogen) atoms. The molecule has 0 aliphatic carbocycles. The second-order valence-corrected chi connectivity index (χ2v) is 10.2. The number of ether oxygens (including phenoxy) is 3. The molecule has 0 radical (unpaired) electrons. The maximum absolute atomic E-state index is 12.9. The van der Waals surface area contributed by atoms with Crippen LogP contribution in [0.3, 0.4) is 0 Å². The lowest BCUT2D eigenvalue weighted by Crippen LogP contribution is -2.50. The number of hydrogen-bond acceptors (Lipinski definition) is 5. The SMILES string of the molecule is CC(NC(=O)c1ccc(C(C)(C)C)cc1)C(=O)NCC1(c2ccc3c(c2)OCO3)CCOCC1. The van der Waals surface area contributed by atoms with Crippen molar-refractivity contribution in [2.75, 3.05) is 26.6 Å². The second kappa shape index (κ2) is 9.66. The van der Waals surface area contributed by atoms with Gasteiger partial charge in [0, 0.05) is 30.7 Å². The highest BCUT2D eigenvalue weighted by atomic mass is 16.7. The molecule has 1 saturated heterocycles. The lowest BCUT2D eigenvalue weighted by atomic mass is 9.74. The van der Waals surface area contributed by atoms with Crippen LogP contribution in [-0.2, 0) is 20.4 Å². The first-order valence-electron chi connectivity index (χ1n) is 11.8. The van der Waals surface area contributed by atoms with Crippen LogP contribution in [0, 0.1) is 0 Å². The Labute approximate surface area is 201 Å². The van der Waals surface area contributed by atoms with Crippen LogP contribution in [0.5, 0.6) is 11.5 Å². The van der Waals surface area contributed by atoms with Crippen LogP contribution in [0.4, 0.5) is 0 Å². The first-order valence-corrected chi connectivity index (χ1v) is 11.8. The van der Waals surface area contributed by atoms with Crippen molar-refractivity contribution >= 4 is 11.8 Å². The minimum atomic E-state index is -0.663. The van der Waals surface area contributed by atoms with Crippen LogP contribution in [-0.4, -0.2) is 44.4 Å². The normalized spacial score (nSPS) is 17.6. The number of amides is 2. The van der Waals surface area contributed by atoms with E-state index in [2.05, 4.69) is 31.4 Å². The largest absolute Gasteiger partial charge is 0.454 e. The molecule has 2 N–H and O–H groups in total. The number of hydrogen-bond donors (Lipinski definition) is 2. The van der Waals surface area contributed by atoms with Gasteiger partial charge in [0.2, 0.25) is 12.7 Å². The summed E-state index contributed by atoms with van der Waals surface area (Å²) in [7, 11) is 0. The van der Waals surface area contributed by atoms with Gasteiger partial charge in [-0.15, -0.1) is 0 Å². The molecule has 2 aromatic rings. The molecule has 4 rings (SSSR count). The van der Waals surface area contributed by atoms with E-state index in [4.69, 9.17) is 14.2 Å². The van der Waals surface area contributed by atoms with Crippen molar-refractivity contribution in [1.29, 1.82) is 0 Å². The van der Waals surface area contributed by atoms with Gasteiger partial charge in [0.1, 0.15) is 6.04 Å². The summed E-state index contributed by atoms with van der Waals surface area (Å²) in [6.07, 6.45) is 1.57. The van der Waals surface area contributed by atoms with Gasteiger partial charge in [0.05, 0.1) is 0 Å². The summed E-state index contributed by atoms with van der Waals surface area (Å²) in [4.78, 5) is 25.6. The van der Waals surface area contributed by atoms with Crippen LogP contribution in [0.2, 0.25) is 0 Å². The van der Waals surface area contributed by atoms with E-state index in [1.165, 1.54) is 0 Å². The molecular weight excluding hydrogens is 432 g/mol. The van der Waals surface area contributed by atoms with Gasteiger partial charge in [0.25, 0.3) is 5.91 Å². The highest BCUT2D eigenvalue weighted by Crippen LogP contribution is 2.40. The fraction of sp³-hybridized carbons (Fsp3) is 0.481. The van der Waals surface area contributed by atoms with Crippen LogP contribution in [0.15, 0.2) is 42.5 Å². The molecule has 0 aromatic heterocycles. The van der Waals surface area contributed by atoms with E-state index < -0.39 is 6.04 Å². The summed E-state index contributed by atoms with van der Waals surface area (Å²) in [5.74, 6) is 0.987. The van der Waals surface area contributed by atoms with Crippen molar-refractivity contribution in [3.8, 4) is 11.5 Å². The predicted octanol–water partition coefficient (Wildman–Crippen LogP) is 3.70. The Morgan fingerprint density at radius 2 is 1.68 bits per heavy atom. The molecule has 7 heteroatoms. The molecule has 2 heterocycles. The highest BCUT2D eigenvalue weighted by Gasteiger charge is 2.36. The Kier molecular flexibility index (Phi) is 6.84. The zero-order valence-electron chi connectivity index (χ0n) is 20.4. The number of carbonyl (C=O) groups is 2. The van der Waals surface area contributed by atoms with Gasteiger partial charge in [-0.2, -0.15) is 0 Å². The number of carbonyl (C=O) groups excluding carboxylic acids is 2. The summed E-state index contributed by atoms with van der Waals surface area (Å²) >= 11 is 0. The van der Waals surface area contributed by atoms with E-state index in [0.717, 1.165) is 35.5 Å². The fourth-order valence-electron chi connectivity index (χ4n) is 4.43. The smallest absolute Gasteiger partial charge is 0.251 e. The average molecular weight is 467 g/mol. The lowest BCUT2D eigenvalue weighted by molar-refractivity contribution is -0.123. The van der Waals surface area contributed by atoms with Crippen LogP contribution < -0.4 is 20.1 Å². The molecule has 7 nitrogen and oxygen atoms in total. The summed E-state index contributed by atoms with van der Waals surface area (Å²) < 4.78 is 16.6. The van der Waals surface area contributed by atoms with Gasteiger partial charge in [-0.3, -0.25) is 9.59 Å². The second-order valence-electron chi connectivity index (χ2n) is 10.2. The Bertz CT molecular complexity index is 1040. The average Bonchev–Trinajstić information content (AvgIpc) is 3.30. The van der Waals surface area contributed by atoms with Crippen LogP contribution in [0.1, 0.15) is 62.0 Å². The van der Waals surface area contributed by atoms with Gasteiger partial charge < -0.3 is 24.8 Å². The lowest BCUT2D eigenvalue weighted by Gasteiger charge is -2.38. The standard InChI is InChI=1S/C27H34N2O5/c1-18(29-25(31)19-5-7-20(8-6-19)26(2,3)4)24(30)28-16-27(11-13-32-14-12-27)21-9-10-22-23(15-21)34-17-33-22/h5-10,15,18H,11-14,16-17H2,1-4H3,(H,28,30)(H,29,31). The van der Waals surface area contributed by atoms with Crippen molar-refractivity contribution in [2.24, 2.45) is 0 Å². The summed E-state index contributed by atoms with van der Waals surface area (Å²) in [6, 6.07) is 12.8. The van der Waals surface area contributed by atoms with E-state index in [1.807, 2.05) is 30.3 Å². The third-order valence-electron chi connectivity index (χ3n) is 6.79. The van der Waals surface area contributed by atoms with Gasteiger partial charge in [-0.05, 0) is 60.6 Å². The Morgan fingerprint density at radius 3 is 2.35 bits per heavy atom. The van der Waals surface area contributed by atoms with E-state index in [-0.39, 0.29) is 29.4 Å². The predicted molar refractivity (Wildman–Crippen MR) is 129 cm³/mol. The topological polar surface area (TPSA) is 85.9 Å². The van der Waals surface area contributed by atoms with Crippen molar-refractivity contribution in [3.05, 3.63) is 59.2 Å². The first-order chi connectivity index (χ1) is 16.2. The van der Waals surface area contributed by atoms with Gasteiger partial charge >= 0.3 is 0 Å². The van der Waals surface area contributed by atoms with Gasteiger partial charge in [0.15, 0.2) is 11.5 Å². The summed E-state index contributed by atoms with van der Waals surface area (Å²) in [5, 5.41) is 5.88. The molecule has 0 bridgehead atoms. The van der Waals surface area contributed by atoms with E-state index in [1.54, 1.807) is 19.1 Å².